The molecular weight excluding hydrogens is 394 g/mol. The van der Waals surface area contributed by atoms with Crippen LogP contribution in [0.4, 0.5) is 0 Å². The van der Waals surface area contributed by atoms with Crippen molar-refractivity contribution in [2.45, 2.75) is 48.7 Å². The van der Waals surface area contributed by atoms with Gasteiger partial charge in [-0.3, -0.25) is 9.59 Å². The largest absolute Gasteiger partial charge is 0.488 e. The van der Waals surface area contributed by atoms with E-state index in [1.165, 1.54) is 19.9 Å². The van der Waals surface area contributed by atoms with E-state index in [9.17, 15) is 18.0 Å². The Morgan fingerprint density at radius 2 is 1.90 bits per heavy atom. The van der Waals surface area contributed by atoms with Crippen LogP contribution in [0.25, 0.3) is 0 Å². The van der Waals surface area contributed by atoms with E-state index in [-0.39, 0.29) is 22.4 Å². The van der Waals surface area contributed by atoms with Crippen molar-refractivity contribution in [3.05, 3.63) is 54.1 Å². The van der Waals surface area contributed by atoms with Crippen molar-refractivity contribution >= 4 is 21.7 Å². The van der Waals surface area contributed by atoms with Crippen LogP contribution >= 0.6 is 0 Å². The molecule has 1 heterocycles. The number of fused-ring (bicyclic) bond motifs is 1. The minimum absolute atomic E-state index is 0.163. The lowest BCUT2D eigenvalue weighted by molar-refractivity contribution is -0.152. The molecule has 3 rings (SSSR count). The Hall–Kier alpha value is -2.87. The lowest BCUT2D eigenvalue weighted by Crippen LogP contribution is -2.42. The molecule has 154 valence electrons. The van der Waals surface area contributed by atoms with E-state index in [0.717, 1.165) is 5.56 Å². The molecule has 1 N–H and O–H groups in total. The van der Waals surface area contributed by atoms with Crippen molar-refractivity contribution in [1.82, 2.24) is 5.32 Å². The number of rotatable bonds is 6. The van der Waals surface area contributed by atoms with Crippen LogP contribution in [0.15, 0.2) is 58.3 Å². The summed E-state index contributed by atoms with van der Waals surface area (Å²) in [5, 5.41) is 2.70. The van der Waals surface area contributed by atoms with Crippen LogP contribution in [0.2, 0.25) is 0 Å². The van der Waals surface area contributed by atoms with Crippen LogP contribution in [0.5, 0.6) is 5.75 Å². The summed E-state index contributed by atoms with van der Waals surface area (Å²) in [4.78, 5) is 23.3. The molecule has 1 amide bonds. The molecule has 0 spiro atoms. The van der Waals surface area contributed by atoms with Crippen molar-refractivity contribution in [3.8, 4) is 5.75 Å². The summed E-state index contributed by atoms with van der Waals surface area (Å²) in [6, 6.07) is 13.1. The lowest BCUT2D eigenvalue weighted by Gasteiger charge is -2.27. The average Bonchev–Trinajstić information content (AvgIpc) is 2.71. The molecule has 2 aromatic rings. The van der Waals surface area contributed by atoms with E-state index >= 15 is 0 Å². The number of esters is 1. The molecule has 7 nitrogen and oxygen atoms in total. The number of sulfone groups is 1. The molecule has 1 aliphatic rings. The number of benzene rings is 2. The van der Waals surface area contributed by atoms with Gasteiger partial charge in [0.05, 0.1) is 16.3 Å². The summed E-state index contributed by atoms with van der Waals surface area (Å²) < 4.78 is 36.4. The van der Waals surface area contributed by atoms with Gasteiger partial charge in [0.2, 0.25) is 9.84 Å². The quantitative estimate of drug-likeness (QED) is 0.724. The SMILES string of the molecule is CC(=O)OC(C)C(=O)NC[C@H]1CCc2ccc(S(=O)(=O)c3ccccc3)cc2O1. The van der Waals surface area contributed by atoms with Crippen LogP contribution in [-0.2, 0) is 30.6 Å². The van der Waals surface area contributed by atoms with Crippen molar-refractivity contribution in [2.75, 3.05) is 6.54 Å². The van der Waals surface area contributed by atoms with Crippen molar-refractivity contribution in [1.29, 1.82) is 0 Å². The van der Waals surface area contributed by atoms with Gasteiger partial charge in [0.25, 0.3) is 5.91 Å². The number of nitrogens with one attached hydrogen (secondary N) is 1. The first-order chi connectivity index (χ1) is 13.8. The van der Waals surface area contributed by atoms with Gasteiger partial charge in [-0.1, -0.05) is 24.3 Å². The predicted octanol–water partition coefficient (Wildman–Crippen LogP) is 2.28. The Kier molecular flexibility index (Phi) is 6.22. The number of ether oxygens (including phenoxy) is 2. The molecule has 29 heavy (non-hydrogen) atoms. The molecule has 0 radical (unpaired) electrons. The second-order valence-corrected chi connectivity index (χ2v) is 8.81. The smallest absolute Gasteiger partial charge is 0.303 e. The maximum atomic E-state index is 12.8. The van der Waals surface area contributed by atoms with Crippen molar-refractivity contribution in [2.24, 2.45) is 0 Å². The van der Waals surface area contributed by atoms with Crippen LogP contribution in [0.1, 0.15) is 25.8 Å². The molecule has 0 aliphatic carbocycles. The molecule has 1 unspecified atom stereocenters. The highest BCUT2D eigenvalue weighted by Crippen LogP contribution is 2.32. The van der Waals surface area contributed by atoms with Gasteiger partial charge in [0.1, 0.15) is 11.9 Å². The van der Waals surface area contributed by atoms with Gasteiger partial charge in [-0.05, 0) is 49.6 Å². The molecule has 0 aromatic heterocycles. The Morgan fingerprint density at radius 3 is 2.59 bits per heavy atom. The third-order valence-electron chi connectivity index (χ3n) is 4.65. The molecule has 2 atom stereocenters. The van der Waals surface area contributed by atoms with E-state index in [2.05, 4.69) is 5.32 Å². The highest BCUT2D eigenvalue weighted by molar-refractivity contribution is 7.91. The van der Waals surface area contributed by atoms with Crippen LogP contribution in [0.3, 0.4) is 0 Å². The maximum Gasteiger partial charge on any atom is 0.303 e. The summed E-state index contributed by atoms with van der Waals surface area (Å²) in [6.07, 6.45) is 0.206. The van der Waals surface area contributed by atoms with E-state index < -0.39 is 27.8 Å². The topological polar surface area (TPSA) is 98.8 Å². The van der Waals surface area contributed by atoms with Crippen molar-refractivity contribution in [3.63, 3.8) is 0 Å². The van der Waals surface area contributed by atoms with E-state index in [4.69, 9.17) is 9.47 Å². The second-order valence-electron chi connectivity index (χ2n) is 6.86. The fourth-order valence-corrected chi connectivity index (χ4v) is 4.41. The van der Waals surface area contributed by atoms with Crippen molar-refractivity contribution < 1.29 is 27.5 Å². The minimum atomic E-state index is -3.64. The van der Waals surface area contributed by atoms with E-state index in [0.29, 0.717) is 18.6 Å². The highest BCUT2D eigenvalue weighted by atomic mass is 32.2. The number of carbonyl (C=O) groups is 2. The third kappa shape index (κ3) is 4.95. The molecular formula is C21H23NO6S. The normalized spacial score (nSPS) is 16.8. The van der Waals surface area contributed by atoms with Gasteiger partial charge in [-0.2, -0.15) is 0 Å². The van der Waals surface area contributed by atoms with Gasteiger partial charge in [0, 0.05) is 6.92 Å². The summed E-state index contributed by atoms with van der Waals surface area (Å²) >= 11 is 0. The molecule has 0 fully saturated rings. The highest BCUT2D eigenvalue weighted by Gasteiger charge is 2.25. The van der Waals surface area contributed by atoms with Gasteiger partial charge in [-0.15, -0.1) is 0 Å². The minimum Gasteiger partial charge on any atom is -0.488 e. The number of carbonyl (C=O) groups excluding carboxylic acids is 2. The third-order valence-corrected chi connectivity index (χ3v) is 6.41. The van der Waals surface area contributed by atoms with Gasteiger partial charge in [-0.25, -0.2) is 8.42 Å². The van der Waals surface area contributed by atoms with Gasteiger partial charge in [0.15, 0.2) is 6.10 Å². The van der Waals surface area contributed by atoms with Crippen LogP contribution < -0.4 is 10.1 Å². The number of amides is 1. The lowest BCUT2D eigenvalue weighted by atomic mass is 10.0. The predicted molar refractivity (Wildman–Crippen MR) is 105 cm³/mol. The number of hydrogen-bond donors (Lipinski definition) is 1. The molecule has 8 heteroatoms. The number of aryl methyl sites for hydroxylation is 1. The van der Waals surface area contributed by atoms with Crippen LogP contribution in [-0.4, -0.2) is 39.0 Å². The zero-order valence-electron chi connectivity index (χ0n) is 16.3. The van der Waals surface area contributed by atoms with E-state index in [1.54, 1.807) is 42.5 Å². The Bertz CT molecular complexity index is 1000. The van der Waals surface area contributed by atoms with Crippen LogP contribution in [0, 0.1) is 0 Å². The molecule has 0 saturated carbocycles. The Labute approximate surface area is 169 Å². The monoisotopic (exact) mass is 417 g/mol. The molecule has 1 aliphatic heterocycles. The standard InChI is InChI=1S/C21H23NO6S/c1-14(27-15(2)23)21(24)22-13-17-10-8-16-9-11-19(12-20(16)28-17)29(25,26)18-6-4-3-5-7-18/h3-7,9,11-12,14,17H,8,10,13H2,1-2H3,(H,22,24)/t14?,17-/m1/s1. The Morgan fingerprint density at radius 1 is 1.17 bits per heavy atom. The second kappa shape index (κ2) is 8.65. The zero-order valence-corrected chi connectivity index (χ0v) is 17.1. The van der Waals surface area contributed by atoms with Gasteiger partial charge < -0.3 is 14.8 Å². The fourth-order valence-electron chi connectivity index (χ4n) is 3.11. The summed E-state index contributed by atoms with van der Waals surface area (Å²) in [5.74, 6) is -0.432. The van der Waals surface area contributed by atoms with E-state index in [1.807, 2.05) is 0 Å². The number of hydrogen-bond acceptors (Lipinski definition) is 6. The maximum absolute atomic E-state index is 12.8. The Balaban J connectivity index is 1.69. The summed E-state index contributed by atoms with van der Waals surface area (Å²) in [7, 11) is -3.64. The summed E-state index contributed by atoms with van der Waals surface area (Å²) in [6.45, 7) is 2.97. The molecule has 0 saturated heterocycles. The fraction of sp³-hybridized carbons (Fsp3) is 0.333. The molecule has 2 aromatic carbocycles. The van der Waals surface area contributed by atoms with Gasteiger partial charge >= 0.3 is 5.97 Å². The summed E-state index contributed by atoms with van der Waals surface area (Å²) in [5.41, 5.74) is 0.924. The molecule has 0 bridgehead atoms. The average molecular weight is 417 g/mol. The first kappa shape index (κ1) is 20.9. The zero-order chi connectivity index (χ0) is 21.0. The first-order valence-electron chi connectivity index (χ1n) is 9.32. The first-order valence-corrected chi connectivity index (χ1v) is 10.8.